The molecule has 0 unspecified atom stereocenters. The van der Waals surface area contributed by atoms with Crippen molar-refractivity contribution in [2.75, 3.05) is 17.6 Å². The zero-order valence-corrected chi connectivity index (χ0v) is 10.9. The number of rotatable bonds is 7. The number of nitrogens with one attached hydrogen (secondary N) is 3. The van der Waals surface area contributed by atoms with Gasteiger partial charge in [-0.2, -0.15) is 9.97 Å². The summed E-state index contributed by atoms with van der Waals surface area (Å²) in [5.41, 5.74) is 8.46. The molecule has 9 heteroatoms. The van der Waals surface area contributed by atoms with E-state index in [1.165, 1.54) is 6.33 Å². The van der Waals surface area contributed by atoms with Crippen molar-refractivity contribution in [3.05, 3.63) is 6.33 Å². The largest absolute Gasteiger partial charge is 0.368 e. The van der Waals surface area contributed by atoms with Crippen LogP contribution in [0.15, 0.2) is 6.33 Å². The molecular formula is C11H17N7O2. The van der Waals surface area contributed by atoms with Gasteiger partial charge in [-0.05, 0) is 12.8 Å². The minimum Gasteiger partial charge on any atom is -0.368 e. The van der Waals surface area contributed by atoms with Crippen LogP contribution in [-0.4, -0.2) is 37.6 Å². The molecule has 0 atom stereocenters. The molecule has 2 aromatic heterocycles. The van der Waals surface area contributed by atoms with E-state index in [4.69, 9.17) is 10.9 Å². The molecule has 0 aliphatic rings. The molecule has 0 saturated heterocycles. The Morgan fingerprint density at radius 1 is 1.35 bits per heavy atom. The van der Waals surface area contributed by atoms with Crippen LogP contribution in [0, 0.1) is 0 Å². The number of unbranched alkanes of at least 4 members (excludes halogenated alkanes) is 2. The van der Waals surface area contributed by atoms with Gasteiger partial charge in [0.2, 0.25) is 11.9 Å². The summed E-state index contributed by atoms with van der Waals surface area (Å²) in [6, 6.07) is 0. The van der Waals surface area contributed by atoms with Crippen LogP contribution < -0.4 is 16.5 Å². The van der Waals surface area contributed by atoms with Crippen molar-refractivity contribution >= 4 is 28.8 Å². The maximum atomic E-state index is 10.8. The summed E-state index contributed by atoms with van der Waals surface area (Å²) in [5, 5.41) is 11.5. The highest BCUT2D eigenvalue weighted by Crippen LogP contribution is 2.17. The fourth-order valence-electron chi connectivity index (χ4n) is 1.83. The quantitative estimate of drug-likeness (QED) is 0.281. The lowest BCUT2D eigenvalue weighted by Gasteiger charge is -2.06. The number of carbonyl (C=O) groups is 1. The smallest absolute Gasteiger partial charge is 0.243 e. The van der Waals surface area contributed by atoms with Crippen molar-refractivity contribution in [3.63, 3.8) is 0 Å². The molecule has 1 amide bonds. The molecule has 0 radical (unpaired) electrons. The molecular weight excluding hydrogens is 262 g/mol. The first-order chi connectivity index (χ1) is 9.70. The Labute approximate surface area is 115 Å². The van der Waals surface area contributed by atoms with Gasteiger partial charge < -0.3 is 16.0 Å². The average Bonchev–Trinajstić information content (AvgIpc) is 2.90. The molecule has 0 fully saturated rings. The van der Waals surface area contributed by atoms with Crippen LogP contribution in [0.3, 0.4) is 0 Å². The van der Waals surface area contributed by atoms with Gasteiger partial charge in [-0.1, -0.05) is 6.42 Å². The van der Waals surface area contributed by atoms with Crippen molar-refractivity contribution in [3.8, 4) is 0 Å². The van der Waals surface area contributed by atoms with E-state index in [1.54, 1.807) is 5.48 Å². The molecule has 108 valence electrons. The highest BCUT2D eigenvalue weighted by atomic mass is 16.5. The third-order valence-corrected chi connectivity index (χ3v) is 2.80. The Hall–Kier alpha value is -2.42. The number of imidazole rings is 1. The maximum Gasteiger partial charge on any atom is 0.243 e. The number of hydrogen-bond acceptors (Lipinski definition) is 7. The van der Waals surface area contributed by atoms with E-state index in [2.05, 4.69) is 25.3 Å². The molecule has 2 aromatic rings. The van der Waals surface area contributed by atoms with Crippen molar-refractivity contribution in [1.29, 1.82) is 0 Å². The summed E-state index contributed by atoms with van der Waals surface area (Å²) in [4.78, 5) is 25.9. The number of anilines is 2. The van der Waals surface area contributed by atoms with Gasteiger partial charge in [0.05, 0.1) is 6.33 Å². The molecule has 0 bridgehead atoms. The highest BCUT2D eigenvalue weighted by Gasteiger charge is 2.07. The number of nitrogens with two attached hydrogens (primary N) is 1. The van der Waals surface area contributed by atoms with E-state index in [-0.39, 0.29) is 11.9 Å². The molecule has 6 N–H and O–H groups in total. The summed E-state index contributed by atoms with van der Waals surface area (Å²) < 4.78 is 0. The van der Waals surface area contributed by atoms with Crippen LogP contribution in [0.4, 0.5) is 11.8 Å². The van der Waals surface area contributed by atoms with Crippen LogP contribution >= 0.6 is 0 Å². The first-order valence-corrected chi connectivity index (χ1v) is 6.34. The van der Waals surface area contributed by atoms with E-state index >= 15 is 0 Å². The number of aromatic nitrogens is 4. The van der Waals surface area contributed by atoms with Gasteiger partial charge in [0, 0.05) is 13.0 Å². The number of nitrogens with zero attached hydrogens (tertiary/aromatic N) is 3. The Kier molecular flexibility index (Phi) is 4.66. The summed E-state index contributed by atoms with van der Waals surface area (Å²) in [6.45, 7) is 0.700. The van der Waals surface area contributed by atoms with Gasteiger partial charge in [0.1, 0.15) is 5.52 Å². The molecule has 9 nitrogen and oxygen atoms in total. The van der Waals surface area contributed by atoms with E-state index in [0.29, 0.717) is 24.4 Å². The Morgan fingerprint density at radius 2 is 2.20 bits per heavy atom. The summed E-state index contributed by atoms with van der Waals surface area (Å²) >= 11 is 0. The lowest BCUT2D eigenvalue weighted by Crippen LogP contribution is -2.17. The zero-order valence-electron chi connectivity index (χ0n) is 10.9. The summed E-state index contributed by atoms with van der Waals surface area (Å²) in [5.74, 6) is 0.436. The lowest BCUT2D eigenvalue weighted by molar-refractivity contribution is -0.129. The number of hydroxylamine groups is 1. The van der Waals surface area contributed by atoms with Gasteiger partial charge in [0.25, 0.3) is 0 Å². The normalized spacial score (nSPS) is 10.7. The molecule has 0 aliphatic carbocycles. The number of hydrogen-bond donors (Lipinski definition) is 5. The lowest BCUT2D eigenvalue weighted by atomic mass is 10.2. The van der Waals surface area contributed by atoms with Crippen molar-refractivity contribution in [1.82, 2.24) is 25.4 Å². The number of amides is 1. The van der Waals surface area contributed by atoms with E-state index in [0.717, 1.165) is 24.8 Å². The Morgan fingerprint density at radius 3 is 3.00 bits per heavy atom. The standard InChI is InChI=1S/C11H17N7O2/c12-11-16-9(8-10(17-11)15-6-14-8)13-5-3-1-2-4-7(19)18-20/h6,20H,1-5H2,(H,18,19)(H4,12,13,14,15,16,17). The van der Waals surface area contributed by atoms with Gasteiger partial charge in [0.15, 0.2) is 11.5 Å². The first-order valence-electron chi connectivity index (χ1n) is 6.34. The second-order valence-electron chi connectivity index (χ2n) is 4.30. The van der Waals surface area contributed by atoms with Crippen LogP contribution in [0.1, 0.15) is 25.7 Å². The predicted molar refractivity (Wildman–Crippen MR) is 73.0 cm³/mol. The van der Waals surface area contributed by atoms with Crippen molar-refractivity contribution < 1.29 is 10.0 Å². The third kappa shape index (κ3) is 3.54. The number of carbonyl (C=O) groups excluding carboxylic acids is 1. The van der Waals surface area contributed by atoms with Crippen LogP contribution in [-0.2, 0) is 4.79 Å². The SMILES string of the molecule is Nc1nc(NCCCCCC(=O)NO)c2[nH]cnc2n1. The van der Waals surface area contributed by atoms with Crippen LogP contribution in [0.2, 0.25) is 0 Å². The number of nitrogen functional groups attached to an aromatic ring is 1. The van der Waals surface area contributed by atoms with E-state index < -0.39 is 0 Å². The van der Waals surface area contributed by atoms with Crippen LogP contribution in [0.25, 0.3) is 11.2 Å². The average molecular weight is 279 g/mol. The predicted octanol–water partition coefficient (Wildman–Crippen LogP) is 0.413. The molecule has 20 heavy (non-hydrogen) atoms. The molecule has 2 heterocycles. The second-order valence-corrected chi connectivity index (χ2v) is 4.30. The number of H-pyrrole nitrogens is 1. The highest BCUT2D eigenvalue weighted by molar-refractivity contribution is 5.83. The third-order valence-electron chi connectivity index (χ3n) is 2.80. The second kappa shape index (κ2) is 6.66. The Bertz CT molecular complexity index is 583. The van der Waals surface area contributed by atoms with Crippen molar-refractivity contribution in [2.45, 2.75) is 25.7 Å². The molecule has 2 rings (SSSR count). The minimum absolute atomic E-state index is 0.173. The van der Waals surface area contributed by atoms with Gasteiger partial charge in [-0.25, -0.2) is 10.5 Å². The van der Waals surface area contributed by atoms with E-state index in [1.807, 2.05) is 0 Å². The monoisotopic (exact) mass is 279 g/mol. The molecule has 0 aromatic carbocycles. The Balaban J connectivity index is 1.78. The van der Waals surface area contributed by atoms with Gasteiger partial charge in [-0.3, -0.25) is 10.0 Å². The summed E-state index contributed by atoms with van der Waals surface area (Å²) in [6.07, 6.45) is 4.32. The zero-order chi connectivity index (χ0) is 14.4. The fraction of sp³-hybridized carbons (Fsp3) is 0.455. The van der Waals surface area contributed by atoms with E-state index in [9.17, 15) is 4.79 Å². The van der Waals surface area contributed by atoms with Gasteiger partial charge >= 0.3 is 0 Å². The molecule has 0 spiro atoms. The number of fused-ring (bicyclic) bond motifs is 1. The number of aromatic amines is 1. The molecule has 0 saturated carbocycles. The fourth-order valence-corrected chi connectivity index (χ4v) is 1.83. The topological polar surface area (TPSA) is 142 Å². The maximum absolute atomic E-state index is 10.8. The summed E-state index contributed by atoms with van der Waals surface area (Å²) in [7, 11) is 0. The van der Waals surface area contributed by atoms with Gasteiger partial charge in [-0.15, -0.1) is 0 Å². The van der Waals surface area contributed by atoms with Crippen molar-refractivity contribution in [2.24, 2.45) is 0 Å². The van der Waals surface area contributed by atoms with Crippen LogP contribution in [0.5, 0.6) is 0 Å². The minimum atomic E-state index is -0.360. The molecule has 0 aliphatic heterocycles. The first kappa shape index (κ1) is 14.0.